The third kappa shape index (κ3) is 3.22. The van der Waals surface area contributed by atoms with Crippen LogP contribution in [0.2, 0.25) is 0 Å². The molecule has 0 unspecified atom stereocenters. The molecule has 0 fully saturated rings. The highest BCUT2D eigenvalue weighted by atomic mass is 79.9. The summed E-state index contributed by atoms with van der Waals surface area (Å²) in [5.41, 5.74) is -2.10. The molecule has 0 aliphatic carbocycles. The second-order valence-corrected chi connectivity index (χ2v) is 4.76. The molecule has 18 heavy (non-hydrogen) atoms. The average Bonchev–Trinajstić information content (AvgIpc) is 2.13. The van der Waals surface area contributed by atoms with Crippen molar-refractivity contribution in [2.75, 3.05) is 0 Å². The van der Waals surface area contributed by atoms with E-state index in [1.165, 1.54) is 0 Å². The Morgan fingerprint density at radius 3 is 2.33 bits per heavy atom. The lowest BCUT2D eigenvalue weighted by molar-refractivity contribution is -0.140. The van der Waals surface area contributed by atoms with Crippen LogP contribution in [-0.2, 0) is 6.18 Å². The summed E-state index contributed by atoms with van der Waals surface area (Å²) in [5.74, 6) is -2.46. The first-order valence-electron chi connectivity index (χ1n) is 5.00. The van der Waals surface area contributed by atoms with Gasteiger partial charge in [0.15, 0.2) is 0 Å². The van der Waals surface area contributed by atoms with E-state index in [1.807, 2.05) is 0 Å². The first-order valence-corrected chi connectivity index (χ1v) is 5.80. The first kappa shape index (κ1) is 14.9. The van der Waals surface area contributed by atoms with Gasteiger partial charge < -0.3 is 5.32 Å². The first-order chi connectivity index (χ1) is 8.14. The van der Waals surface area contributed by atoms with E-state index in [4.69, 9.17) is 0 Å². The molecule has 1 rings (SSSR count). The van der Waals surface area contributed by atoms with Gasteiger partial charge in [0.05, 0.1) is 11.1 Å². The normalized spacial score (nSPS) is 11.8. The van der Waals surface area contributed by atoms with Crippen molar-refractivity contribution in [1.29, 1.82) is 0 Å². The van der Waals surface area contributed by atoms with Crippen molar-refractivity contribution < 1.29 is 22.4 Å². The number of alkyl halides is 3. The number of rotatable bonds is 2. The van der Waals surface area contributed by atoms with Gasteiger partial charge in [-0.05, 0) is 41.9 Å². The topological polar surface area (TPSA) is 29.1 Å². The highest BCUT2D eigenvalue weighted by molar-refractivity contribution is 9.10. The molecule has 0 aliphatic heterocycles. The molecule has 100 valence electrons. The Labute approximate surface area is 109 Å². The zero-order chi connectivity index (χ0) is 14.1. The Bertz CT molecular complexity index is 471. The third-order valence-corrected chi connectivity index (χ3v) is 2.70. The Kier molecular flexibility index (Phi) is 4.37. The van der Waals surface area contributed by atoms with E-state index < -0.39 is 29.0 Å². The summed E-state index contributed by atoms with van der Waals surface area (Å²) < 4.78 is 51.2. The van der Waals surface area contributed by atoms with Crippen molar-refractivity contribution in [3.63, 3.8) is 0 Å². The summed E-state index contributed by atoms with van der Waals surface area (Å²) in [6.07, 6.45) is -4.84. The van der Waals surface area contributed by atoms with Gasteiger partial charge >= 0.3 is 6.18 Å². The number of hydrogen-bond donors (Lipinski definition) is 1. The van der Waals surface area contributed by atoms with Gasteiger partial charge in [0.2, 0.25) is 0 Å². The van der Waals surface area contributed by atoms with Crippen molar-refractivity contribution in [2.45, 2.75) is 26.1 Å². The minimum atomic E-state index is -4.84. The highest BCUT2D eigenvalue weighted by Gasteiger charge is 2.36. The van der Waals surface area contributed by atoms with Crippen molar-refractivity contribution in [3.8, 4) is 0 Å². The average molecular weight is 328 g/mol. The number of hydrogen-bond acceptors (Lipinski definition) is 1. The molecule has 0 aromatic heterocycles. The Morgan fingerprint density at radius 2 is 1.89 bits per heavy atom. The summed E-state index contributed by atoms with van der Waals surface area (Å²) in [5, 5.41) is 2.34. The zero-order valence-electron chi connectivity index (χ0n) is 9.53. The minimum Gasteiger partial charge on any atom is -0.350 e. The highest BCUT2D eigenvalue weighted by Crippen LogP contribution is 2.34. The summed E-state index contributed by atoms with van der Waals surface area (Å²) in [4.78, 5) is 11.6. The maximum Gasteiger partial charge on any atom is 0.419 e. The Morgan fingerprint density at radius 1 is 1.33 bits per heavy atom. The molecular formula is C11H10BrF4NO. The third-order valence-electron chi connectivity index (χ3n) is 2.04. The van der Waals surface area contributed by atoms with Gasteiger partial charge in [0, 0.05) is 10.5 Å². The van der Waals surface area contributed by atoms with Gasteiger partial charge in [0.25, 0.3) is 5.91 Å². The van der Waals surface area contributed by atoms with E-state index in [0.29, 0.717) is 6.07 Å². The SMILES string of the molecule is CC(C)NC(=O)c1c(Br)ccc(C(F)(F)F)c1F. The van der Waals surface area contributed by atoms with Crippen LogP contribution in [0, 0.1) is 5.82 Å². The van der Waals surface area contributed by atoms with E-state index in [2.05, 4.69) is 21.2 Å². The lowest BCUT2D eigenvalue weighted by atomic mass is 10.1. The molecule has 2 nitrogen and oxygen atoms in total. The number of halogens is 5. The van der Waals surface area contributed by atoms with Crippen LogP contribution in [0.15, 0.2) is 16.6 Å². The van der Waals surface area contributed by atoms with Crippen LogP contribution in [0.5, 0.6) is 0 Å². The number of carbonyl (C=O) groups excluding carboxylic acids is 1. The second-order valence-electron chi connectivity index (χ2n) is 3.91. The van der Waals surface area contributed by atoms with Crippen LogP contribution in [0.4, 0.5) is 17.6 Å². The van der Waals surface area contributed by atoms with E-state index in [1.54, 1.807) is 13.8 Å². The molecule has 0 saturated carbocycles. The summed E-state index contributed by atoms with van der Waals surface area (Å²) >= 11 is 2.87. The number of amides is 1. The summed E-state index contributed by atoms with van der Waals surface area (Å²) in [6.45, 7) is 3.24. The van der Waals surface area contributed by atoms with Crippen LogP contribution >= 0.6 is 15.9 Å². The Hall–Kier alpha value is -1.11. The monoisotopic (exact) mass is 327 g/mol. The lowest BCUT2D eigenvalue weighted by Gasteiger charge is -2.14. The smallest absolute Gasteiger partial charge is 0.350 e. The number of nitrogens with one attached hydrogen (secondary N) is 1. The molecule has 0 aliphatic rings. The maximum absolute atomic E-state index is 13.7. The Balaban J connectivity index is 3.31. The summed E-state index contributed by atoms with van der Waals surface area (Å²) in [7, 11) is 0. The van der Waals surface area contributed by atoms with E-state index >= 15 is 0 Å². The number of benzene rings is 1. The van der Waals surface area contributed by atoms with Gasteiger partial charge in [-0.25, -0.2) is 4.39 Å². The van der Waals surface area contributed by atoms with Gasteiger partial charge in [0.1, 0.15) is 5.82 Å². The van der Waals surface area contributed by atoms with Crippen molar-refractivity contribution in [2.24, 2.45) is 0 Å². The molecule has 0 saturated heterocycles. The molecule has 0 heterocycles. The predicted octanol–water partition coefficient (Wildman–Crippen LogP) is 3.75. The second kappa shape index (κ2) is 5.26. The molecule has 0 radical (unpaired) electrons. The fraction of sp³-hybridized carbons (Fsp3) is 0.364. The standard InChI is InChI=1S/C11H10BrF4NO/c1-5(2)17-10(18)8-7(12)4-3-6(9(8)13)11(14,15)16/h3-5H,1-2H3,(H,17,18). The number of carbonyl (C=O) groups is 1. The minimum absolute atomic E-state index is 0.0221. The van der Waals surface area contributed by atoms with Crippen LogP contribution in [0.25, 0.3) is 0 Å². The fourth-order valence-corrected chi connectivity index (χ4v) is 1.80. The quantitative estimate of drug-likeness (QED) is 0.823. The fourth-order valence-electron chi connectivity index (χ4n) is 1.31. The van der Waals surface area contributed by atoms with E-state index in [9.17, 15) is 22.4 Å². The molecule has 0 atom stereocenters. The van der Waals surface area contributed by atoms with Gasteiger partial charge in [-0.2, -0.15) is 13.2 Å². The van der Waals surface area contributed by atoms with Gasteiger partial charge in [-0.3, -0.25) is 4.79 Å². The molecule has 1 aromatic rings. The molecule has 0 bridgehead atoms. The molecule has 1 aromatic carbocycles. The lowest BCUT2D eigenvalue weighted by Crippen LogP contribution is -2.31. The van der Waals surface area contributed by atoms with Crippen LogP contribution in [-0.4, -0.2) is 11.9 Å². The predicted molar refractivity (Wildman–Crippen MR) is 61.7 cm³/mol. The van der Waals surface area contributed by atoms with E-state index in [0.717, 1.165) is 6.07 Å². The molecule has 0 spiro atoms. The van der Waals surface area contributed by atoms with Crippen molar-refractivity contribution in [1.82, 2.24) is 5.32 Å². The van der Waals surface area contributed by atoms with Crippen LogP contribution < -0.4 is 5.32 Å². The van der Waals surface area contributed by atoms with Crippen LogP contribution in [0.1, 0.15) is 29.8 Å². The molecule has 7 heteroatoms. The molecular weight excluding hydrogens is 318 g/mol. The largest absolute Gasteiger partial charge is 0.419 e. The van der Waals surface area contributed by atoms with Crippen molar-refractivity contribution in [3.05, 3.63) is 33.5 Å². The van der Waals surface area contributed by atoms with Gasteiger partial charge in [-0.1, -0.05) is 0 Å². The van der Waals surface area contributed by atoms with E-state index in [-0.39, 0.29) is 10.5 Å². The van der Waals surface area contributed by atoms with Crippen molar-refractivity contribution >= 4 is 21.8 Å². The maximum atomic E-state index is 13.7. The summed E-state index contributed by atoms with van der Waals surface area (Å²) in [6, 6.07) is 1.28. The van der Waals surface area contributed by atoms with Crippen LogP contribution in [0.3, 0.4) is 0 Å². The van der Waals surface area contributed by atoms with Gasteiger partial charge in [-0.15, -0.1) is 0 Å². The molecule has 1 N–H and O–H groups in total. The zero-order valence-corrected chi connectivity index (χ0v) is 11.1. The molecule has 1 amide bonds.